The van der Waals surface area contributed by atoms with Crippen molar-refractivity contribution in [2.45, 2.75) is 44.9 Å². The van der Waals surface area contributed by atoms with Crippen LogP contribution in [0.25, 0.3) is 0 Å². The number of carbonyl (C=O) groups excluding carboxylic acids is 1. The van der Waals surface area contributed by atoms with Crippen LogP contribution >= 0.6 is 0 Å². The van der Waals surface area contributed by atoms with Crippen molar-refractivity contribution in [3.05, 3.63) is 30.3 Å². The summed E-state index contributed by atoms with van der Waals surface area (Å²) in [5.74, 6) is 0.0940. The molecule has 0 spiro atoms. The number of hydrogen-bond donors (Lipinski definition) is 2. The maximum Gasteiger partial charge on any atom is 0.224 e. The molecule has 2 N–H and O–H groups in total. The van der Waals surface area contributed by atoms with E-state index in [0.717, 1.165) is 44.2 Å². The molecule has 0 fully saturated rings. The van der Waals surface area contributed by atoms with E-state index in [2.05, 4.69) is 5.32 Å². The number of hydrogen-bond acceptors (Lipinski definition) is 2. The van der Waals surface area contributed by atoms with E-state index < -0.39 is 0 Å². The van der Waals surface area contributed by atoms with Gasteiger partial charge in [-0.25, -0.2) is 0 Å². The van der Waals surface area contributed by atoms with E-state index in [4.69, 9.17) is 5.11 Å². The van der Waals surface area contributed by atoms with Crippen LogP contribution < -0.4 is 5.32 Å². The third kappa shape index (κ3) is 7.07. The van der Waals surface area contributed by atoms with Crippen molar-refractivity contribution in [2.75, 3.05) is 11.9 Å². The topological polar surface area (TPSA) is 49.3 Å². The zero-order valence-corrected chi connectivity index (χ0v) is 10.9. The van der Waals surface area contributed by atoms with Crippen LogP contribution in [0.15, 0.2) is 30.3 Å². The summed E-state index contributed by atoms with van der Waals surface area (Å²) in [4.78, 5) is 11.6. The molecule has 100 valence electrons. The van der Waals surface area contributed by atoms with Crippen molar-refractivity contribution in [2.24, 2.45) is 0 Å². The molecular formula is C15H23NO2. The molecule has 1 amide bonds. The third-order valence-corrected chi connectivity index (χ3v) is 2.87. The van der Waals surface area contributed by atoms with Crippen molar-refractivity contribution >= 4 is 11.6 Å². The van der Waals surface area contributed by atoms with E-state index in [1.54, 1.807) is 0 Å². The van der Waals surface area contributed by atoms with Crippen molar-refractivity contribution < 1.29 is 9.90 Å². The van der Waals surface area contributed by atoms with Crippen LogP contribution in [-0.4, -0.2) is 17.6 Å². The van der Waals surface area contributed by atoms with E-state index in [-0.39, 0.29) is 5.91 Å². The number of benzene rings is 1. The zero-order chi connectivity index (χ0) is 13.1. The summed E-state index contributed by atoms with van der Waals surface area (Å²) in [5.41, 5.74) is 0.866. The minimum atomic E-state index is 0.0940. The Morgan fingerprint density at radius 1 is 0.944 bits per heavy atom. The van der Waals surface area contributed by atoms with Crippen molar-refractivity contribution in [3.63, 3.8) is 0 Å². The first kappa shape index (κ1) is 14.7. The van der Waals surface area contributed by atoms with Gasteiger partial charge in [0.15, 0.2) is 0 Å². The van der Waals surface area contributed by atoms with Gasteiger partial charge in [-0.3, -0.25) is 4.79 Å². The number of para-hydroxylation sites is 1. The first-order chi connectivity index (χ1) is 8.83. The van der Waals surface area contributed by atoms with Gasteiger partial charge in [-0.15, -0.1) is 0 Å². The van der Waals surface area contributed by atoms with E-state index in [1.165, 1.54) is 0 Å². The second kappa shape index (κ2) is 9.66. The molecule has 1 rings (SSSR count). The number of aliphatic hydroxyl groups is 1. The number of carbonyl (C=O) groups is 1. The molecule has 0 bridgehead atoms. The SMILES string of the molecule is O=C(CCCCCCCCO)Nc1ccccc1. The minimum absolute atomic E-state index is 0.0940. The molecule has 0 atom stereocenters. The van der Waals surface area contributed by atoms with Gasteiger partial charge in [-0.1, -0.05) is 43.9 Å². The second-order valence-corrected chi connectivity index (χ2v) is 4.51. The van der Waals surface area contributed by atoms with Crippen molar-refractivity contribution in [3.8, 4) is 0 Å². The predicted octanol–water partition coefficient (Wildman–Crippen LogP) is 3.35. The van der Waals surface area contributed by atoms with Gasteiger partial charge in [0.05, 0.1) is 0 Å². The smallest absolute Gasteiger partial charge is 0.224 e. The Morgan fingerprint density at radius 3 is 2.22 bits per heavy atom. The van der Waals surface area contributed by atoms with Crippen molar-refractivity contribution in [1.29, 1.82) is 0 Å². The Kier molecular flexibility index (Phi) is 7.89. The highest BCUT2D eigenvalue weighted by molar-refractivity contribution is 5.90. The quantitative estimate of drug-likeness (QED) is 0.659. The number of aliphatic hydroxyl groups excluding tert-OH is 1. The standard InChI is InChI=1S/C15H23NO2/c17-13-9-4-2-1-3-8-12-15(18)16-14-10-6-5-7-11-14/h5-7,10-11,17H,1-4,8-9,12-13H2,(H,16,18). The molecule has 3 nitrogen and oxygen atoms in total. The van der Waals surface area contributed by atoms with Crippen molar-refractivity contribution in [1.82, 2.24) is 0 Å². The van der Waals surface area contributed by atoms with Gasteiger partial charge in [-0.05, 0) is 25.0 Å². The molecule has 18 heavy (non-hydrogen) atoms. The number of unbranched alkanes of at least 4 members (excludes halogenated alkanes) is 5. The van der Waals surface area contributed by atoms with Crippen LogP contribution in [0.2, 0.25) is 0 Å². The number of rotatable bonds is 9. The molecule has 1 aromatic carbocycles. The lowest BCUT2D eigenvalue weighted by Gasteiger charge is -2.04. The molecule has 0 saturated carbocycles. The first-order valence-corrected chi connectivity index (χ1v) is 6.78. The average molecular weight is 249 g/mol. The summed E-state index contributed by atoms with van der Waals surface area (Å²) in [6.45, 7) is 0.291. The van der Waals surface area contributed by atoms with Gasteiger partial charge >= 0.3 is 0 Å². The number of nitrogens with one attached hydrogen (secondary N) is 1. The lowest BCUT2D eigenvalue weighted by Crippen LogP contribution is -2.10. The van der Waals surface area contributed by atoms with Gasteiger partial charge in [0.2, 0.25) is 5.91 Å². The maximum absolute atomic E-state index is 11.6. The predicted molar refractivity (Wildman–Crippen MR) is 74.5 cm³/mol. The molecule has 3 heteroatoms. The summed E-state index contributed by atoms with van der Waals surface area (Å²) in [6.07, 6.45) is 6.92. The fourth-order valence-electron chi connectivity index (χ4n) is 1.85. The molecule has 0 aromatic heterocycles. The molecule has 0 radical (unpaired) electrons. The fourth-order valence-corrected chi connectivity index (χ4v) is 1.85. The highest BCUT2D eigenvalue weighted by atomic mass is 16.2. The molecular weight excluding hydrogens is 226 g/mol. The van der Waals surface area contributed by atoms with Crippen LogP contribution in [0, 0.1) is 0 Å². The van der Waals surface area contributed by atoms with E-state index in [0.29, 0.717) is 13.0 Å². The molecule has 0 aliphatic heterocycles. The zero-order valence-electron chi connectivity index (χ0n) is 10.9. The molecule has 1 aromatic rings. The van der Waals surface area contributed by atoms with Crippen LogP contribution in [0.1, 0.15) is 44.9 Å². The van der Waals surface area contributed by atoms with Gasteiger partial charge in [-0.2, -0.15) is 0 Å². The summed E-state index contributed by atoms with van der Waals surface area (Å²) in [6, 6.07) is 9.55. The lowest BCUT2D eigenvalue weighted by molar-refractivity contribution is -0.116. The monoisotopic (exact) mass is 249 g/mol. The fraction of sp³-hybridized carbons (Fsp3) is 0.533. The maximum atomic E-state index is 11.6. The minimum Gasteiger partial charge on any atom is -0.396 e. The van der Waals surface area contributed by atoms with Crippen LogP contribution in [0.5, 0.6) is 0 Å². The number of anilines is 1. The van der Waals surface area contributed by atoms with Gasteiger partial charge in [0.25, 0.3) is 0 Å². The third-order valence-electron chi connectivity index (χ3n) is 2.87. The Morgan fingerprint density at radius 2 is 1.56 bits per heavy atom. The molecule has 0 heterocycles. The summed E-state index contributed by atoms with van der Waals surface area (Å²) in [5, 5.41) is 11.5. The first-order valence-electron chi connectivity index (χ1n) is 6.78. The highest BCUT2D eigenvalue weighted by Crippen LogP contribution is 2.09. The molecule has 0 saturated heterocycles. The largest absolute Gasteiger partial charge is 0.396 e. The van der Waals surface area contributed by atoms with Gasteiger partial charge in [0.1, 0.15) is 0 Å². The van der Waals surface area contributed by atoms with E-state index in [9.17, 15) is 4.79 Å². The summed E-state index contributed by atoms with van der Waals surface area (Å²) < 4.78 is 0. The van der Waals surface area contributed by atoms with Crippen LogP contribution in [-0.2, 0) is 4.79 Å². The Labute approximate surface area is 109 Å². The summed E-state index contributed by atoms with van der Waals surface area (Å²) in [7, 11) is 0. The van der Waals surface area contributed by atoms with Crippen LogP contribution in [0.3, 0.4) is 0 Å². The molecule has 0 aliphatic rings. The molecule has 0 aliphatic carbocycles. The average Bonchev–Trinajstić information content (AvgIpc) is 2.39. The summed E-state index contributed by atoms with van der Waals surface area (Å²) >= 11 is 0. The van der Waals surface area contributed by atoms with E-state index >= 15 is 0 Å². The van der Waals surface area contributed by atoms with Gasteiger partial charge in [0, 0.05) is 18.7 Å². The number of amides is 1. The lowest BCUT2D eigenvalue weighted by atomic mass is 10.1. The van der Waals surface area contributed by atoms with Crippen LogP contribution in [0.4, 0.5) is 5.69 Å². The Bertz CT molecular complexity index is 325. The second-order valence-electron chi connectivity index (χ2n) is 4.51. The molecule has 0 unspecified atom stereocenters. The Hall–Kier alpha value is -1.35. The van der Waals surface area contributed by atoms with Gasteiger partial charge < -0.3 is 10.4 Å². The van der Waals surface area contributed by atoms with E-state index in [1.807, 2.05) is 30.3 Å². The normalized spacial score (nSPS) is 10.3. The highest BCUT2D eigenvalue weighted by Gasteiger charge is 2.01. The Balaban J connectivity index is 2.00.